The summed E-state index contributed by atoms with van der Waals surface area (Å²) in [6, 6.07) is 7.95. The number of rotatable bonds is 4. The highest BCUT2D eigenvalue weighted by molar-refractivity contribution is 6.01. The van der Waals surface area contributed by atoms with Gasteiger partial charge < -0.3 is 9.30 Å². The lowest BCUT2D eigenvalue weighted by molar-refractivity contribution is 0.112. The van der Waals surface area contributed by atoms with Gasteiger partial charge in [0.15, 0.2) is 17.9 Å². The molecule has 0 N–H and O–H groups in total. The number of ether oxygens (including phenoxy) is 1. The molecule has 1 heterocycles. The highest BCUT2D eigenvalue weighted by Gasteiger charge is 2.24. The topological polar surface area (TPSA) is 31.2 Å². The van der Waals surface area contributed by atoms with Gasteiger partial charge in [0.05, 0.1) is 18.0 Å². The first-order valence-electron chi connectivity index (χ1n) is 8.03. The molecule has 5 heteroatoms. The van der Waals surface area contributed by atoms with Crippen LogP contribution in [0, 0.1) is 18.6 Å². The highest BCUT2D eigenvalue weighted by Crippen LogP contribution is 2.37. The van der Waals surface area contributed by atoms with E-state index in [4.69, 9.17) is 4.74 Å². The second-order valence-electron chi connectivity index (χ2n) is 6.32. The van der Waals surface area contributed by atoms with E-state index in [0.717, 1.165) is 0 Å². The smallest absolute Gasteiger partial charge is 0.175 e. The molecule has 25 heavy (non-hydrogen) atoms. The molecule has 1 aromatic heterocycles. The molecule has 0 aliphatic rings. The molecule has 0 saturated heterocycles. The molecule has 3 aromatic rings. The molecule has 2 aromatic carbocycles. The molecule has 3 nitrogen and oxygen atoms in total. The van der Waals surface area contributed by atoms with E-state index in [1.165, 1.54) is 19.2 Å². The van der Waals surface area contributed by atoms with Gasteiger partial charge >= 0.3 is 0 Å². The Kier molecular flexibility index (Phi) is 4.33. The maximum absolute atomic E-state index is 14.9. The Balaban J connectivity index is 2.49. The fourth-order valence-electron chi connectivity index (χ4n) is 3.26. The van der Waals surface area contributed by atoms with Crippen molar-refractivity contribution in [2.24, 2.45) is 0 Å². The third-order valence-electron chi connectivity index (χ3n) is 4.40. The molecule has 0 unspecified atom stereocenters. The van der Waals surface area contributed by atoms with Gasteiger partial charge in [0, 0.05) is 16.9 Å². The predicted molar refractivity (Wildman–Crippen MR) is 94.0 cm³/mol. The van der Waals surface area contributed by atoms with Crippen molar-refractivity contribution in [2.75, 3.05) is 7.11 Å². The van der Waals surface area contributed by atoms with Gasteiger partial charge in [-0.2, -0.15) is 0 Å². The number of fused-ring (bicyclic) bond motifs is 1. The second kappa shape index (κ2) is 6.31. The zero-order chi connectivity index (χ0) is 18.3. The standard InChI is InChI=1S/C20H19F2NO2/c1-11(2)20-14(10-24)18-16(7-8-17(25-4)19(18)22)23(20)13-5-6-15(21)12(3)9-13/h5-11H,1-4H3. The average Bonchev–Trinajstić information content (AvgIpc) is 2.93. The van der Waals surface area contributed by atoms with E-state index in [-0.39, 0.29) is 22.9 Å². The van der Waals surface area contributed by atoms with Gasteiger partial charge in [0.1, 0.15) is 5.82 Å². The van der Waals surface area contributed by atoms with E-state index in [9.17, 15) is 13.6 Å². The number of hydrogen-bond acceptors (Lipinski definition) is 2. The van der Waals surface area contributed by atoms with Crippen LogP contribution in [0.2, 0.25) is 0 Å². The Hall–Kier alpha value is -2.69. The molecular formula is C20H19F2NO2. The quantitative estimate of drug-likeness (QED) is 0.613. The first-order chi connectivity index (χ1) is 11.9. The van der Waals surface area contributed by atoms with Crippen molar-refractivity contribution in [3.8, 4) is 11.4 Å². The summed E-state index contributed by atoms with van der Waals surface area (Å²) in [5.41, 5.74) is 2.70. The van der Waals surface area contributed by atoms with Crippen LogP contribution in [0.25, 0.3) is 16.6 Å². The maximum Gasteiger partial charge on any atom is 0.175 e. The van der Waals surface area contributed by atoms with Crippen LogP contribution >= 0.6 is 0 Å². The third kappa shape index (κ3) is 2.60. The third-order valence-corrected chi connectivity index (χ3v) is 4.40. The van der Waals surface area contributed by atoms with Gasteiger partial charge in [-0.05, 0) is 48.7 Å². The number of hydrogen-bond donors (Lipinski definition) is 0. The molecule has 3 rings (SSSR count). The largest absolute Gasteiger partial charge is 0.494 e. The van der Waals surface area contributed by atoms with Crippen LogP contribution in [0.15, 0.2) is 30.3 Å². The van der Waals surface area contributed by atoms with Crippen molar-refractivity contribution < 1.29 is 18.3 Å². The summed E-state index contributed by atoms with van der Waals surface area (Å²) in [6.45, 7) is 5.54. The van der Waals surface area contributed by atoms with Gasteiger partial charge in [-0.15, -0.1) is 0 Å². The fraction of sp³-hybridized carbons (Fsp3) is 0.250. The lowest BCUT2D eigenvalue weighted by Crippen LogP contribution is -2.04. The van der Waals surface area contributed by atoms with Crippen molar-refractivity contribution in [3.63, 3.8) is 0 Å². The van der Waals surface area contributed by atoms with Crippen molar-refractivity contribution in [2.45, 2.75) is 26.7 Å². The Morgan fingerprint density at radius 2 is 1.88 bits per heavy atom. The number of nitrogens with zero attached hydrogens (tertiary/aromatic N) is 1. The molecule has 0 fully saturated rings. The van der Waals surface area contributed by atoms with E-state index in [1.807, 2.05) is 18.4 Å². The first-order valence-corrected chi connectivity index (χ1v) is 8.03. The SMILES string of the molecule is COc1ccc2c(c1F)c(C=O)c(C(C)C)n2-c1ccc(F)c(C)c1. The number of benzene rings is 2. The average molecular weight is 343 g/mol. The van der Waals surface area contributed by atoms with Crippen LogP contribution in [0.3, 0.4) is 0 Å². The molecule has 0 saturated carbocycles. The molecule has 0 radical (unpaired) electrons. The normalized spacial score (nSPS) is 11.3. The lowest BCUT2D eigenvalue weighted by Gasteiger charge is -2.15. The number of carbonyl (C=O) groups is 1. The predicted octanol–water partition coefficient (Wildman–Crippen LogP) is 5.16. The first kappa shape index (κ1) is 17.1. The summed E-state index contributed by atoms with van der Waals surface area (Å²) >= 11 is 0. The summed E-state index contributed by atoms with van der Waals surface area (Å²) in [5.74, 6) is -0.835. The Morgan fingerprint density at radius 1 is 1.16 bits per heavy atom. The Labute approximate surface area is 144 Å². The van der Waals surface area contributed by atoms with Crippen LogP contribution in [0.4, 0.5) is 8.78 Å². The van der Waals surface area contributed by atoms with Crippen LogP contribution in [0.5, 0.6) is 5.75 Å². The highest BCUT2D eigenvalue weighted by atomic mass is 19.1. The van der Waals surface area contributed by atoms with E-state index >= 15 is 0 Å². The number of methoxy groups -OCH3 is 1. The molecule has 0 bridgehead atoms. The van der Waals surface area contributed by atoms with Crippen molar-refractivity contribution in [1.82, 2.24) is 4.57 Å². The number of carbonyl (C=O) groups excluding carboxylic acids is 1. The zero-order valence-electron chi connectivity index (χ0n) is 14.6. The van der Waals surface area contributed by atoms with Crippen molar-refractivity contribution >= 4 is 17.2 Å². The number of aromatic nitrogens is 1. The molecule has 0 amide bonds. The summed E-state index contributed by atoms with van der Waals surface area (Å²) in [6.07, 6.45) is 0.674. The summed E-state index contributed by atoms with van der Waals surface area (Å²) in [7, 11) is 1.38. The zero-order valence-corrected chi connectivity index (χ0v) is 14.6. The molecule has 130 valence electrons. The van der Waals surface area contributed by atoms with Gasteiger partial charge in [-0.3, -0.25) is 4.79 Å². The van der Waals surface area contributed by atoms with Crippen LogP contribution in [-0.2, 0) is 0 Å². The monoisotopic (exact) mass is 343 g/mol. The lowest BCUT2D eigenvalue weighted by atomic mass is 10.0. The van der Waals surface area contributed by atoms with Gasteiger partial charge in [-0.25, -0.2) is 8.78 Å². The number of aryl methyl sites for hydroxylation is 1. The van der Waals surface area contributed by atoms with Crippen LogP contribution in [-0.4, -0.2) is 18.0 Å². The Bertz CT molecular complexity index is 974. The summed E-state index contributed by atoms with van der Waals surface area (Å²) in [5, 5.41) is 0.222. The van der Waals surface area contributed by atoms with Crippen LogP contribution < -0.4 is 4.74 Å². The van der Waals surface area contributed by atoms with Crippen molar-refractivity contribution in [1.29, 1.82) is 0 Å². The maximum atomic E-state index is 14.9. The van der Waals surface area contributed by atoms with Gasteiger partial charge in [0.25, 0.3) is 0 Å². The number of halogens is 2. The minimum Gasteiger partial charge on any atom is -0.494 e. The van der Waals surface area contributed by atoms with E-state index in [0.29, 0.717) is 34.3 Å². The minimum absolute atomic E-state index is 0.0386. The molecule has 0 aliphatic carbocycles. The minimum atomic E-state index is -0.568. The summed E-state index contributed by atoms with van der Waals surface area (Å²) < 4.78 is 35.4. The van der Waals surface area contributed by atoms with Crippen molar-refractivity contribution in [3.05, 3.63) is 58.8 Å². The molecule has 0 atom stereocenters. The van der Waals surface area contributed by atoms with Gasteiger partial charge in [0.2, 0.25) is 0 Å². The van der Waals surface area contributed by atoms with E-state index in [1.54, 1.807) is 25.1 Å². The molecule has 0 spiro atoms. The second-order valence-corrected chi connectivity index (χ2v) is 6.32. The Morgan fingerprint density at radius 3 is 2.44 bits per heavy atom. The molecular weight excluding hydrogens is 324 g/mol. The fourth-order valence-corrected chi connectivity index (χ4v) is 3.26. The number of aldehydes is 1. The van der Waals surface area contributed by atoms with Gasteiger partial charge in [-0.1, -0.05) is 13.8 Å². The van der Waals surface area contributed by atoms with Crippen LogP contribution in [0.1, 0.15) is 41.4 Å². The summed E-state index contributed by atoms with van der Waals surface area (Å²) in [4.78, 5) is 11.8. The van der Waals surface area contributed by atoms with E-state index in [2.05, 4.69) is 0 Å². The molecule has 0 aliphatic heterocycles. The van der Waals surface area contributed by atoms with E-state index < -0.39 is 5.82 Å².